The van der Waals surface area contributed by atoms with Crippen molar-refractivity contribution in [2.75, 3.05) is 0 Å². The van der Waals surface area contributed by atoms with Crippen molar-refractivity contribution in [2.45, 2.75) is 0 Å². The van der Waals surface area contributed by atoms with E-state index in [4.69, 9.17) is 23.2 Å². The molecule has 0 amide bonds. The molecule has 0 aliphatic heterocycles. The molecule has 0 radical (unpaired) electrons. The van der Waals surface area contributed by atoms with Gasteiger partial charge < -0.3 is 17.3 Å². The van der Waals surface area contributed by atoms with Crippen molar-refractivity contribution in [3.8, 4) is 0 Å². The molecule has 0 saturated carbocycles. The zero-order valence-corrected chi connectivity index (χ0v) is 16.5. The van der Waals surface area contributed by atoms with Crippen molar-refractivity contribution < 1.29 is 17.3 Å². The quantitative estimate of drug-likeness (QED) is 0.384. The monoisotopic (exact) mass is 466 g/mol. The van der Waals surface area contributed by atoms with Crippen molar-refractivity contribution >= 4 is 57.7 Å². The summed E-state index contributed by atoms with van der Waals surface area (Å²) in [6.07, 6.45) is 0. The average Bonchev–Trinajstić information content (AvgIpc) is 2.58. The molecule has 0 unspecified atom stereocenters. The Kier molecular flexibility index (Phi) is 7.60. The van der Waals surface area contributed by atoms with Gasteiger partial charge in [0.1, 0.15) is 0 Å². The summed E-state index contributed by atoms with van der Waals surface area (Å²) in [5.41, 5.74) is 0. The standard InChI is InChI=1S/C18H13Cl2Se.BF4/c19-15-10-4-6-12-17(15)21(14-8-2-1-3-9-14)18-13-7-5-11-16(18)20;2-1(3,4)5/h1-13H;/q+1;-1. The van der Waals surface area contributed by atoms with Crippen LogP contribution >= 0.6 is 23.2 Å². The molecular weight excluding hydrogens is 453 g/mol. The smallest absolute Gasteiger partial charge is 0.418 e. The van der Waals surface area contributed by atoms with Crippen molar-refractivity contribution in [1.29, 1.82) is 0 Å². The average molecular weight is 466 g/mol. The van der Waals surface area contributed by atoms with Crippen molar-refractivity contribution in [3.05, 3.63) is 88.9 Å². The summed E-state index contributed by atoms with van der Waals surface area (Å²) >= 11 is 11.4. The predicted molar refractivity (Wildman–Crippen MR) is 104 cm³/mol. The normalized spacial score (nSPS) is 11.0. The third kappa shape index (κ3) is 6.37. The first-order valence-corrected chi connectivity index (χ1v) is 10.8. The van der Waals surface area contributed by atoms with Gasteiger partial charge in [-0.1, -0.05) is 0 Å². The second-order valence-electron chi connectivity index (χ2n) is 4.97. The van der Waals surface area contributed by atoms with E-state index in [0.717, 1.165) is 10.0 Å². The summed E-state index contributed by atoms with van der Waals surface area (Å²) < 4.78 is 42.7. The molecule has 26 heavy (non-hydrogen) atoms. The van der Waals surface area contributed by atoms with Crippen LogP contribution in [0.15, 0.2) is 78.9 Å². The van der Waals surface area contributed by atoms with Crippen LogP contribution in [0.4, 0.5) is 17.3 Å². The first kappa shape index (κ1) is 20.9. The fourth-order valence-electron chi connectivity index (χ4n) is 2.15. The molecule has 3 aromatic rings. The molecule has 3 aromatic carbocycles. The summed E-state index contributed by atoms with van der Waals surface area (Å²) in [6.45, 7) is 0. The Morgan fingerprint density at radius 3 is 1.31 bits per heavy atom. The van der Waals surface area contributed by atoms with E-state index < -0.39 is 21.2 Å². The molecule has 0 saturated heterocycles. The van der Waals surface area contributed by atoms with Crippen molar-refractivity contribution in [3.63, 3.8) is 0 Å². The molecule has 0 bridgehead atoms. The van der Waals surface area contributed by atoms with E-state index in [1.54, 1.807) is 0 Å². The Balaban J connectivity index is 0.000000431. The predicted octanol–water partition coefficient (Wildman–Crippen LogP) is 4.81. The number of halogens is 6. The summed E-state index contributed by atoms with van der Waals surface area (Å²) in [5.74, 6) is 0. The molecule has 0 aromatic heterocycles. The Morgan fingerprint density at radius 1 is 0.577 bits per heavy atom. The van der Waals surface area contributed by atoms with Crippen LogP contribution < -0.4 is 13.4 Å². The van der Waals surface area contributed by atoms with Crippen LogP contribution in [0.1, 0.15) is 0 Å². The van der Waals surface area contributed by atoms with Crippen molar-refractivity contribution in [1.82, 2.24) is 0 Å². The maximum Gasteiger partial charge on any atom is 0.673 e. The second kappa shape index (κ2) is 9.47. The van der Waals surface area contributed by atoms with Crippen LogP contribution in [0, 0.1) is 0 Å². The van der Waals surface area contributed by atoms with Crippen LogP contribution in [0.3, 0.4) is 0 Å². The van der Waals surface area contributed by atoms with Gasteiger partial charge in [-0.05, 0) is 0 Å². The van der Waals surface area contributed by atoms with E-state index in [2.05, 4.69) is 36.4 Å². The maximum absolute atomic E-state index is 9.75. The SMILES string of the molecule is Clc1ccccc1[Se+](c1ccccc1)c1ccccc1Cl.F[B-](F)(F)F. The number of benzene rings is 3. The van der Waals surface area contributed by atoms with Gasteiger partial charge in [0.15, 0.2) is 0 Å². The Labute approximate surface area is 163 Å². The van der Waals surface area contributed by atoms with Gasteiger partial charge in [0.25, 0.3) is 0 Å². The second-order valence-corrected chi connectivity index (χ2v) is 9.91. The third-order valence-electron chi connectivity index (χ3n) is 3.09. The van der Waals surface area contributed by atoms with Gasteiger partial charge in [-0.15, -0.1) is 0 Å². The van der Waals surface area contributed by atoms with Crippen molar-refractivity contribution in [2.24, 2.45) is 0 Å². The van der Waals surface area contributed by atoms with E-state index >= 15 is 0 Å². The summed E-state index contributed by atoms with van der Waals surface area (Å²) in [4.78, 5) is 0. The fraction of sp³-hybridized carbons (Fsp3) is 0. The Morgan fingerprint density at radius 2 is 0.923 bits per heavy atom. The third-order valence-corrected chi connectivity index (χ3v) is 9.16. The van der Waals surface area contributed by atoms with Crippen LogP contribution in [0.25, 0.3) is 0 Å². The molecule has 0 fully saturated rings. The van der Waals surface area contributed by atoms with Gasteiger partial charge in [0.2, 0.25) is 0 Å². The zero-order valence-electron chi connectivity index (χ0n) is 13.3. The summed E-state index contributed by atoms with van der Waals surface area (Å²) in [5, 5.41) is 1.62. The molecule has 0 aliphatic rings. The molecule has 136 valence electrons. The molecule has 3 rings (SSSR count). The van der Waals surface area contributed by atoms with E-state index in [-0.39, 0.29) is 0 Å². The Bertz CT molecular complexity index is 792. The maximum atomic E-state index is 9.75. The van der Waals surface area contributed by atoms with Gasteiger partial charge in [-0.3, -0.25) is 0 Å². The summed E-state index contributed by atoms with van der Waals surface area (Å²) in [7, 11) is -6.00. The van der Waals surface area contributed by atoms with Gasteiger partial charge in [-0.25, -0.2) is 0 Å². The van der Waals surface area contributed by atoms with E-state index in [1.165, 1.54) is 13.4 Å². The Hall–Kier alpha value is -1.46. The molecule has 0 spiro atoms. The number of hydrogen-bond donors (Lipinski definition) is 0. The van der Waals surface area contributed by atoms with Gasteiger partial charge in [-0.2, -0.15) is 0 Å². The van der Waals surface area contributed by atoms with Gasteiger partial charge in [0, 0.05) is 0 Å². The van der Waals surface area contributed by atoms with Crippen LogP contribution in [0.5, 0.6) is 0 Å². The zero-order chi connectivity index (χ0) is 19.2. The van der Waals surface area contributed by atoms with Crippen LogP contribution in [0.2, 0.25) is 10.0 Å². The first-order chi connectivity index (χ1) is 12.3. The summed E-state index contributed by atoms with van der Waals surface area (Å²) in [6, 6.07) is 26.6. The first-order valence-electron chi connectivity index (χ1n) is 7.43. The largest absolute Gasteiger partial charge is 0.673 e. The van der Waals surface area contributed by atoms with E-state index in [9.17, 15) is 17.3 Å². The molecule has 8 heteroatoms. The fourth-order valence-corrected chi connectivity index (χ4v) is 7.69. The van der Waals surface area contributed by atoms with Gasteiger partial charge >= 0.3 is 147 Å². The molecule has 0 heterocycles. The minimum absolute atomic E-state index is 0.811. The minimum atomic E-state index is -6.00. The topological polar surface area (TPSA) is 0 Å². The molecule has 0 nitrogen and oxygen atoms in total. The molecule has 0 atom stereocenters. The molecule has 0 aliphatic carbocycles. The van der Waals surface area contributed by atoms with E-state index in [0.29, 0.717) is 0 Å². The molecular formula is C18H13BCl2F4Se. The number of hydrogen-bond acceptors (Lipinski definition) is 0. The van der Waals surface area contributed by atoms with Crippen LogP contribution in [-0.4, -0.2) is 21.2 Å². The van der Waals surface area contributed by atoms with Crippen LogP contribution in [-0.2, 0) is 0 Å². The molecule has 0 N–H and O–H groups in total. The van der Waals surface area contributed by atoms with E-state index in [1.807, 2.05) is 42.5 Å². The number of rotatable bonds is 3. The van der Waals surface area contributed by atoms with Gasteiger partial charge in [0.05, 0.1) is 0 Å². The minimum Gasteiger partial charge on any atom is -0.418 e.